The van der Waals surface area contributed by atoms with E-state index in [1.807, 2.05) is 19.0 Å². The molecule has 0 aromatic carbocycles. The monoisotopic (exact) mass is 239 g/mol. The fourth-order valence-electron chi connectivity index (χ4n) is 3.04. The van der Waals surface area contributed by atoms with Gasteiger partial charge in [0.15, 0.2) is 0 Å². The summed E-state index contributed by atoms with van der Waals surface area (Å²) in [6.07, 6.45) is 4.82. The van der Waals surface area contributed by atoms with E-state index in [2.05, 4.69) is 10.2 Å². The van der Waals surface area contributed by atoms with Gasteiger partial charge in [-0.2, -0.15) is 0 Å². The Morgan fingerprint density at radius 2 is 1.94 bits per heavy atom. The Morgan fingerprint density at radius 3 is 2.47 bits per heavy atom. The van der Waals surface area contributed by atoms with Gasteiger partial charge in [0, 0.05) is 13.6 Å². The van der Waals surface area contributed by atoms with Gasteiger partial charge in [0.05, 0.1) is 6.04 Å². The van der Waals surface area contributed by atoms with Crippen LogP contribution < -0.4 is 5.32 Å². The highest BCUT2D eigenvalue weighted by Crippen LogP contribution is 2.25. The molecule has 0 bridgehead atoms. The zero-order valence-electron chi connectivity index (χ0n) is 11.1. The van der Waals surface area contributed by atoms with Crippen molar-refractivity contribution in [2.24, 2.45) is 5.92 Å². The molecule has 0 spiro atoms. The fraction of sp³-hybridized carbons (Fsp3) is 0.923. The summed E-state index contributed by atoms with van der Waals surface area (Å²) in [5.74, 6) is 1.19. The van der Waals surface area contributed by atoms with E-state index in [-0.39, 0.29) is 6.04 Å². The van der Waals surface area contributed by atoms with Crippen molar-refractivity contribution in [3.05, 3.63) is 0 Å². The van der Waals surface area contributed by atoms with Crippen molar-refractivity contribution >= 4 is 5.91 Å². The Balaban J connectivity index is 1.77. The molecular weight excluding hydrogens is 214 g/mol. The van der Waals surface area contributed by atoms with Crippen LogP contribution in [0.4, 0.5) is 0 Å². The van der Waals surface area contributed by atoms with Crippen LogP contribution in [0.2, 0.25) is 0 Å². The van der Waals surface area contributed by atoms with Crippen LogP contribution in [0.3, 0.4) is 0 Å². The van der Waals surface area contributed by atoms with Gasteiger partial charge in [0.1, 0.15) is 0 Å². The summed E-state index contributed by atoms with van der Waals surface area (Å²) < 4.78 is 0. The van der Waals surface area contributed by atoms with Crippen LogP contribution in [-0.2, 0) is 4.79 Å². The first kappa shape index (κ1) is 12.8. The largest absolute Gasteiger partial charge is 0.344 e. The number of nitrogens with one attached hydrogen (secondary N) is 1. The van der Waals surface area contributed by atoms with Crippen molar-refractivity contribution in [2.75, 3.05) is 40.3 Å². The summed E-state index contributed by atoms with van der Waals surface area (Å²) in [5.41, 5.74) is 0. The number of hydrogen-bond donors (Lipinski definition) is 1. The molecule has 2 heterocycles. The molecule has 17 heavy (non-hydrogen) atoms. The molecule has 0 aromatic heterocycles. The summed E-state index contributed by atoms with van der Waals surface area (Å²) in [5, 5.41) is 3.22. The van der Waals surface area contributed by atoms with Crippen molar-refractivity contribution in [2.45, 2.75) is 31.7 Å². The number of carbonyl (C=O) groups excluding carboxylic acids is 1. The number of piperidine rings is 1. The van der Waals surface area contributed by atoms with E-state index in [0.29, 0.717) is 5.91 Å². The van der Waals surface area contributed by atoms with Crippen molar-refractivity contribution in [3.8, 4) is 0 Å². The highest BCUT2D eigenvalue weighted by Gasteiger charge is 2.35. The van der Waals surface area contributed by atoms with Gasteiger partial charge in [-0.1, -0.05) is 0 Å². The van der Waals surface area contributed by atoms with Gasteiger partial charge < -0.3 is 10.2 Å². The molecule has 2 aliphatic heterocycles. The molecule has 1 unspecified atom stereocenters. The number of hydrogen-bond acceptors (Lipinski definition) is 3. The van der Waals surface area contributed by atoms with Crippen LogP contribution in [0.15, 0.2) is 0 Å². The maximum Gasteiger partial charge on any atom is 0.239 e. The average Bonchev–Trinajstić information content (AvgIpc) is 2.68. The molecule has 0 saturated carbocycles. The van der Waals surface area contributed by atoms with Gasteiger partial charge in [-0.3, -0.25) is 9.69 Å². The van der Waals surface area contributed by atoms with Gasteiger partial charge in [-0.05, 0) is 58.3 Å². The molecule has 2 fully saturated rings. The molecule has 2 saturated heterocycles. The lowest BCUT2D eigenvalue weighted by molar-refractivity contribution is -0.131. The van der Waals surface area contributed by atoms with Crippen LogP contribution >= 0.6 is 0 Å². The van der Waals surface area contributed by atoms with E-state index in [1.54, 1.807) is 0 Å². The first-order chi connectivity index (χ1) is 8.22. The molecule has 4 heteroatoms. The predicted octanol–water partition coefficient (Wildman–Crippen LogP) is 0.539. The third kappa shape index (κ3) is 2.99. The van der Waals surface area contributed by atoms with Crippen LogP contribution in [-0.4, -0.2) is 62.0 Å². The van der Waals surface area contributed by atoms with Gasteiger partial charge in [0.2, 0.25) is 5.91 Å². The minimum absolute atomic E-state index is 0.185. The first-order valence-electron chi connectivity index (χ1n) is 6.86. The Hall–Kier alpha value is -0.610. The maximum absolute atomic E-state index is 11.9. The van der Waals surface area contributed by atoms with E-state index >= 15 is 0 Å². The maximum atomic E-state index is 11.9. The lowest BCUT2D eigenvalue weighted by Gasteiger charge is -2.35. The molecule has 98 valence electrons. The van der Waals surface area contributed by atoms with Gasteiger partial charge in [-0.25, -0.2) is 0 Å². The Morgan fingerprint density at radius 1 is 1.24 bits per heavy atom. The molecule has 0 radical (unpaired) electrons. The third-order valence-corrected chi connectivity index (χ3v) is 4.29. The molecule has 4 nitrogen and oxygen atoms in total. The van der Waals surface area contributed by atoms with E-state index in [9.17, 15) is 4.79 Å². The number of likely N-dealkylation sites (N-methyl/N-ethyl adjacent to an activating group) is 1. The summed E-state index contributed by atoms with van der Waals surface area (Å²) in [6, 6.07) is 0.185. The second-order valence-corrected chi connectivity index (χ2v) is 5.44. The molecule has 2 rings (SSSR count). The summed E-state index contributed by atoms with van der Waals surface area (Å²) in [6.45, 7) is 4.27. The standard InChI is InChI=1S/C13H25N3O/c1-14-7-3-11-4-9-16(10-5-11)12-6-8-15(2)13(12)17/h11-12,14H,3-10H2,1-2H3. The number of nitrogens with zero attached hydrogens (tertiary/aromatic N) is 2. The molecule has 1 atom stereocenters. The quantitative estimate of drug-likeness (QED) is 0.778. The molecule has 1 amide bonds. The number of rotatable bonds is 4. The highest BCUT2D eigenvalue weighted by molar-refractivity contribution is 5.83. The van der Waals surface area contributed by atoms with Crippen LogP contribution in [0, 0.1) is 5.92 Å². The Labute approximate surface area is 104 Å². The summed E-state index contributed by atoms with van der Waals surface area (Å²) in [4.78, 5) is 16.2. The topological polar surface area (TPSA) is 35.6 Å². The lowest BCUT2D eigenvalue weighted by Crippen LogP contribution is -2.45. The van der Waals surface area contributed by atoms with Crippen LogP contribution in [0.5, 0.6) is 0 Å². The number of amides is 1. The average molecular weight is 239 g/mol. The Bertz CT molecular complexity index is 261. The van der Waals surface area contributed by atoms with Gasteiger partial charge in [0.25, 0.3) is 0 Å². The summed E-state index contributed by atoms with van der Waals surface area (Å²) >= 11 is 0. The number of carbonyl (C=O) groups is 1. The lowest BCUT2D eigenvalue weighted by atomic mass is 9.92. The zero-order chi connectivity index (χ0) is 12.3. The second-order valence-electron chi connectivity index (χ2n) is 5.44. The van der Waals surface area contributed by atoms with Crippen molar-refractivity contribution < 1.29 is 4.79 Å². The van der Waals surface area contributed by atoms with Gasteiger partial charge in [-0.15, -0.1) is 0 Å². The first-order valence-corrected chi connectivity index (χ1v) is 6.86. The number of likely N-dealkylation sites (tertiary alicyclic amines) is 2. The van der Waals surface area contributed by atoms with Crippen molar-refractivity contribution in [3.63, 3.8) is 0 Å². The SMILES string of the molecule is CNCCC1CCN(C2CCN(C)C2=O)CC1. The second kappa shape index (κ2) is 5.83. The smallest absolute Gasteiger partial charge is 0.239 e. The molecule has 0 aliphatic carbocycles. The molecule has 1 N–H and O–H groups in total. The molecular formula is C13H25N3O. The fourth-order valence-corrected chi connectivity index (χ4v) is 3.04. The Kier molecular flexibility index (Phi) is 4.40. The van der Waals surface area contributed by atoms with E-state index in [1.165, 1.54) is 19.3 Å². The van der Waals surface area contributed by atoms with Crippen LogP contribution in [0.25, 0.3) is 0 Å². The van der Waals surface area contributed by atoms with E-state index in [0.717, 1.165) is 38.5 Å². The van der Waals surface area contributed by atoms with Crippen molar-refractivity contribution in [1.29, 1.82) is 0 Å². The zero-order valence-corrected chi connectivity index (χ0v) is 11.1. The highest BCUT2D eigenvalue weighted by atomic mass is 16.2. The molecule has 2 aliphatic rings. The minimum atomic E-state index is 0.185. The van der Waals surface area contributed by atoms with Crippen LogP contribution in [0.1, 0.15) is 25.7 Å². The van der Waals surface area contributed by atoms with Crippen molar-refractivity contribution in [1.82, 2.24) is 15.1 Å². The minimum Gasteiger partial charge on any atom is -0.344 e. The third-order valence-electron chi connectivity index (χ3n) is 4.29. The predicted molar refractivity (Wildman–Crippen MR) is 68.9 cm³/mol. The van der Waals surface area contributed by atoms with Gasteiger partial charge >= 0.3 is 0 Å². The normalized spacial score (nSPS) is 28.0. The van der Waals surface area contributed by atoms with E-state index < -0.39 is 0 Å². The summed E-state index contributed by atoms with van der Waals surface area (Å²) in [7, 11) is 3.93. The molecule has 0 aromatic rings. The van der Waals surface area contributed by atoms with E-state index in [4.69, 9.17) is 0 Å².